The minimum atomic E-state index is 0.158. The Morgan fingerprint density at radius 1 is 0.438 bits per heavy atom. The van der Waals surface area contributed by atoms with E-state index in [2.05, 4.69) is 24.3 Å². The molecule has 6 aromatic carbocycles. The van der Waals surface area contributed by atoms with Crippen LogP contribution in [0.15, 0.2) is 170 Å². The van der Waals surface area contributed by atoms with Gasteiger partial charge in [-0.3, -0.25) is 0 Å². The number of fused-ring (bicyclic) bond motifs is 3. The second-order valence-corrected chi connectivity index (χ2v) is 15.6. The van der Waals surface area contributed by atoms with Crippen LogP contribution < -0.4 is 10.7 Å². The Morgan fingerprint density at radius 2 is 0.797 bits per heavy atom. The monoisotopic (exact) mass is 858 g/mol. The fourth-order valence-electron chi connectivity index (χ4n) is 8.75. The van der Waals surface area contributed by atoms with Crippen molar-refractivity contribution in [1.29, 1.82) is 21.0 Å². The predicted molar refractivity (Wildman–Crippen MR) is 252 cm³/mol. The number of pyridine rings is 2. The molecule has 10 heteroatoms. The highest BCUT2D eigenvalue weighted by atomic mass is 35.5. The molecule has 298 valence electrons. The van der Waals surface area contributed by atoms with E-state index in [-0.39, 0.29) is 21.5 Å². The maximum Gasteiger partial charge on any atom is 0.130 e. The molecule has 0 N–H and O–H groups in total. The van der Waals surface area contributed by atoms with Gasteiger partial charge in [-0.05, 0) is 59.3 Å². The molecule has 10 aromatic rings. The van der Waals surface area contributed by atoms with E-state index in [1.165, 1.54) is 0 Å². The minimum absolute atomic E-state index is 0.158. The largest absolute Gasteiger partial charge is 0.307 e. The van der Waals surface area contributed by atoms with Crippen LogP contribution in [0.2, 0.25) is 10.3 Å². The summed E-state index contributed by atoms with van der Waals surface area (Å²) >= 11 is 13.6. The van der Waals surface area contributed by atoms with Crippen molar-refractivity contribution in [2.75, 3.05) is 0 Å². The lowest BCUT2D eigenvalue weighted by atomic mass is 9.98. The number of nitriles is 4. The van der Waals surface area contributed by atoms with Crippen LogP contribution in [0.5, 0.6) is 0 Å². The molecule has 0 saturated carbocycles. The van der Waals surface area contributed by atoms with Gasteiger partial charge in [-0.25, -0.2) is 9.97 Å². The summed E-state index contributed by atoms with van der Waals surface area (Å²) in [5, 5.41) is 50.3. The highest BCUT2D eigenvalue weighted by Crippen LogP contribution is 2.41. The minimum Gasteiger partial charge on any atom is -0.307 e. The molecular weight excluding hydrogens is 832 g/mol. The molecule has 8 nitrogen and oxygen atoms in total. The number of nitrogens with zero attached hydrogens (tertiary/aromatic N) is 8. The van der Waals surface area contributed by atoms with Gasteiger partial charge in [0.2, 0.25) is 0 Å². The molecule has 64 heavy (non-hydrogen) atoms. The highest BCUT2D eigenvalue weighted by molar-refractivity contribution is 6.30. The summed E-state index contributed by atoms with van der Waals surface area (Å²) in [5.41, 5.74) is 5.02. The van der Waals surface area contributed by atoms with Crippen LogP contribution in [-0.2, 0) is 0 Å². The Kier molecular flexibility index (Phi) is 10.0. The number of halogens is 2. The lowest BCUT2D eigenvalue weighted by Gasteiger charge is -2.17. The smallest absolute Gasteiger partial charge is 0.130 e. The zero-order valence-electron chi connectivity index (χ0n) is 33.5. The Bertz CT molecular complexity index is 3610. The number of para-hydroxylation sites is 2. The third-order valence-electron chi connectivity index (χ3n) is 11.3. The van der Waals surface area contributed by atoms with E-state index < -0.39 is 0 Å². The number of rotatable bonds is 6. The van der Waals surface area contributed by atoms with Gasteiger partial charge in [-0.15, -0.1) is 0 Å². The highest BCUT2D eigenvalue weighted by Gasteiger charge is 2.32. The van der Waals surface area contributed by atoms with Crippen molar-refractivity contribution in [3.05, 3.63) is 213 Å². The van der Waals surface area contributed by atoms with Gasteiger partial charge in [0.05, 0.1) is 56.7 Å². The maximum atomic E-state index is 11.8. The first kappa shape index (κ1) is 39.4. The van der Waals surface area contributed by atoms with Crippen LogP contribution in [0, 0.1) is 45.3 Å². The Labute approximate surface area is 376 Å². The summed E-state index contributed by atoms with van der Waals surface area (Å²) < 4.78 is 3.93. The molecule has 0 radical (unpaired) electrons. The summed E-state index contributed by atoms with van der Waals surface area (Å²) in [4.78, 5) is 9.74. The Morgan fingerprint density at radius 3 is 1.19 bits per heavy atom. The summed E-state index contributed by atoms with van der Waals surface area (Å²) in [6, 6.07) is 62.2. The molecule has 0 aliphatic carbocycles. The van der Waals surface area contributed by atoms with Crippen molar-refractivity contribution in [2.24, 2.45) is 0 Å². The van der Waals surface area contributed by atoms with E-state index in [0.717, 1.165) is 10.8 Å². The molecule has 0 atom stereocenters. The normalized spacial score (nSPS) is 12.0. The van der Waals surface area contributed by atoms with E-state index in [0.29, 0.717) is 88.6 Å². The number of hydrogen-bond acceptors (Lipinski definition) is 6. The third kappa shape index (κ3) is 6.35. The quantitative estimate of drug-likeness (QED) is 0.153. The molecule has 4 heterocycles. The molecule has 0 unspecified atom stereocenters. The van der Waals surface area contributed by atoms with Gasteiger partial charge in [0.15, 0.2) is 0 Å². The average molecular weight is 860 g/mol. The summed E-state index contributed by atoms with van der Waals surface area (Å²) in [6.07, 6.45) is 0. The maximum absolute atomic E-state index is 11.8. The standard InChI is InChI=1S/C54H28Cl2N8/c55-45-27-33-15-7-11-23-39(33)49(61-45)43(31-59)53-48-47(51(41-25-13-9-17-35(41)29-57)63(53)37-19-3-1-4-20-37)54(44(32-60)50-40-24-12-8-16-34(40)28-46(56)62-50)64(38-21-5-2-6-22-38)52(48)42-26-14-10-18-36(42)30-58/h1-28H/b53-43-,54-44-. The predicted octanol–water partition coefficient (Wildman–Crippen LogP) is 11.3. The molecule has 0 saturated heterocycles. The van der Waals surface area contributed by atoms with Crippen LogP contribution in [-0.4, -0.2) is 19.1 Å². The van der Waals surface area contributed by atoms with Crippen LogP contribution in [0.1, 0.15) is 22.5 Å². The van der Waals surface area contributed by atoms with Gasteiger partial charge in [-0.2, -0.15) is 21.0 Å². The van der Waals surface area contributed by atoms with E-state index in [1.54, 1.807) is 36.4 Å². The molecule has 0 amide bonds. The average Bonchev–Trinajstić information content (AvgIpc) is 3.85. The van der Waals surface area contributed by atoms with Gasteiger partial charge < -0.3 is 9.13 Å². The zero-order valence-corrected chi connectivity index (χ0v) is 35.0. The molecule has 0 spiro atoms. The number of benzene rings is 6. The molecule has 10 rings (SSSR count). The van der Waals surface area contributed by atoms with Crippen LogP contribution in [0.4, 0.5) is 0 Å². The van der Waals surface area contributed by atoms with E-state index >= 15 is 0 Å². The molecule has 0 fully saturated rings. The van der Waals surface area contributed by atoms with Crippen LogP contribution >= 0.6 is 23.2 Å². The van der Waals surface area contributed by atoms with E-state index in [9.17, 15) is 21.0 Å². The molecule has 0 aliphatic rings. The third-order valence-corrected chi connectivity index (χ3v) is 11.7. The fraction of sp³-hybridized carbons (Fsp3) is 0. The van der Waals surface area contributed by atoms with Crippen molar-refractivity contribution in [1.82, 2.24) is 19.1 Å². The summed E-state index contributed by atoms with van der Waals surface area (Å²) in [5.74, 6) is 0. The number of hydrogen-bond donors (Lipinski definition) is 0. The molecule has 0 aliphatic heterocycles. The Balaban J connectivity index is 1.66. The lowest BCUT2D eigenvalue weighted by Crippen LogP contribution is -2.24. The van der Waals surface area contributed by atoms with Gasteiger partial charge >= 0.3 is 0 Å². The van der Waals surface area contributed by atoms with Crippen molar-refractivity contribution in [3.63, 3.8) is 0 Å². The zero-order chi connectivity index (χ0) is 43.9. The van der Waals surface area contributed by atoms with E-state index in [4.69, 9.17) is 33.2 Å². The van der Waals surface area contributed by atoms with Gasteiger partial charge in [0, 0.05) is 44.0 Å². The summed E-state index contributed by atoms with van der Waals surface area (Å²) in [7, 11) is 0. The summed E-state index contributed by atoms with van der Waals surface area (Å²) in [6.45, 7) is 0. The second-order valence-electron chi connectivity index (χ2n) is 14.8. The first-order chi connectivity index (χ1) is 31.4. The van der Waals surface area contributed by atoms with Crippen LogP contribution in [0.3, 0.4) is 0 Å². The van der Waals surface area contributed by atoms with Crippen molar-refractivity contribution >= 4 is 66.7 Å². The fourth-order valence-corrected chi connectivity index (χ4v) is 9.15. The van der Waals surface area contributed by atoms with Crippen molar-refractivity contribution in [2.45, 2.75) is 0 Å². The lowest BCUT2D eigenvalue weighted by molar-refractivity contribution is 1.01. The van der Waals surface area contributed by atoms with Crippen LogP contribution in [0.25, 0.3) is 77.4 Å². The molecule has 0 bridgehead atoms. The second kappa shape index (κ2) is 16.3. The topological polar surface area (TPSA) is 131 Å². The number of aromatic nitrogens is 4. The molecular formula is C54H28Cl2N8. The Hall–Kier alpha value is -8.76. The van der Waals surface area contributed by atoms with Gasteiger partial charge in [-0.1, -0.05) is 145 Å². The van der Waals surface area contributed by atoms with Gasteiger partial charge in [0.25, 0.3) is 0 Å². The SMILES string of the molecule is N#C/C(c1nc(Cl)cc2ccccc12)=c1\c2c(-c3ccccc3C#N)n(-c3ccccc3)/c(=C(/C#N)c3nc(Cl)cc4ccccc34)c2c(-c2ccccc2C#N)n1-c1ccccc1. The molecule has 4 aromatic heterocycles. The van der Waals surface area contributed by atoms with Crippen molar-refractivity contribution < 1.29 is 0 Å². The van der Waals surface area contributed by atoms with Crippen molar-refractivity contribution in [3.8, 4) is 58.2 Å². The van der Waals surface area contributed by atoms with Gasteiger partial charge in [0.1, 0.15) is 33.6 Å². The first-order valence-electron chi connectivity index (χ1n) is 20.0. The van der Waals surface area contributed by atoms with E-state index in [1.807, 2.05) is 143 Å². The first-order valence-corrected chi connectivity index (χ1v) is 20.8.